The number of aliphatic hydroxyl groups excluding tert-OH is 1. The summed E-state index contributed by atoms with van der Waals surface area (Å²) in [5.74, 6) is 0.783. The van der Waals surface area contributed by atoms with Crippen LogP contribution in [0.2, 0.25) is 0 Å². The maximum Gasteiger partial charge on any atom is 0.374 e. The number of esters is 1. The molecule has 5 nitrogen and oxygen atoms in total. The molecule has 0 aliphatic rings. The quantitative estimate of drug-likeness (QED) is 0.849. The van der Waals surface area contributed by atoms with E-state index in [1.54, 1.807) is 25.1 Å². The zero-order valence-corrected chi connectivity index (χ0v) is 11.4. The molecule has 1 aromatic heterocycles. The van der Waals surface area contributed by atoms with Gasteiger partial charge in [0.15, 0.2) is 0 Å². The summed E-state index contributed by atoms with van der Waals surface area (Å²) in [6.07, 6.45) is 0. The normalized spacial score (nSPS) is 10.3. The number of hydrogen-bond acceptors (Lipinski definition) is 5. The number of carbonyl (C=O) groups excluding carboxylic acids is 1. The molecule has 0 saturated heterocycles. The van der Waals surface area contributed by atoms with E-state index in [4.69, 9.17) is 9.15 Å². The Morgan fingerprint density at radius 2 is 2.10 bits per heavy atom. The van der Waals surface area contributed by atoms with Crippen molar-refractivity contribution < 1.29 is 23.8 Å². The molecule has 0 spiro atoms. The molecule has 1 heterocycles. The van der Waals surface area contributed by atoms with Gasteiger partial charge in [-0.2, -0.15) is 0 Å². The summed E-state index contributed by atoms with van der Waals surface area (Å²) in [4.78, 5) is 11.4. The molecule has 0 bridgehead atoms. The van der Waals surface area contributed by atoms with Gasteiger partial charge in [-0.25, -0.2) is 4.79 Å². The minimum absolute atomic E-state index is 0.0965. The molecule has 2 aromatic rings. The number of ether oxygens (including phenoxy) is 2. The van der Waals surface area contributed by atoms with E-state index in [1.807, 2.05) is 12.1 Å². The zero-order valence-electron chi connectivity index (χ0n) is 11.4. The SMILES string of the molecule is COC(=O)c1oc(COc2ccccc2CO)cc1C. The minimum Gasteiger partial charge on any atom is -0.485 e. The number of carbonyl (C=O) groups is 1. The second-order valence-electron chi connectivity index (χ2n) is 4.27. The number of hydrogen-bond donors (Lipinski definition) is 1. The Kier molecular flexibility index (Phi) is 4.42. The molecule has 0 atom stereocenters. The molecule has 0 aliphatic carbocycles. The monoisotopic (exact) mass is 276 g/mol. The summed E-state index contributed by atoms with van der Waals surface area (Å²) >= 11 is 0. The second kappa shape index (κ2) is 6.25. The van der Waals surface area contributed by atoms with Crippen molar-refractivity contribution in [3.05, 3.63) is 53.0 Å². The number of aryl methyl sites for hydroxylation is 1. The number of methoxy groups -OCH3 is 1. The topological polar surface area (TPSA) is 68.9 Å². The lowest BCUT2D eigenvalue weighted by Crippen LogP contribution is -2.01. The third-order valence-corrected chi connectivity index (χ3v) is 2.85. The van der Waals surface area contributed by atoms with Gasteiger partial charge in [-0.15, -0.1) is 0 Å². The van der Waals surface area contributed by atoms with E-state index in [0.29, 0.717) is 22.6 Å². The van der Waals surface area contributed by atoms with Gasteiger partial charge in [-0.1, -0.05) is 18.2 Å². The Morgan fingerprint density at radius 3 is 2.80 bits per heavy atom. The first kappa shape index (κ1) is 14.1. The Labute approximate surface area is 116 Å². The van der Waals surface area contributed by atoms with E-state index in [-0.39, 0.29) is 19.0 Å². The summed E-state index contributed by atoms with van der Waals surface area (Å²) in [6, 6.07) is 8.92. The van der Waals surface area contributed by atoms with Gasteiger partial charge in [0.1, 0.15) is 18.1 Å². The number of aliphatic hydroxyl groups is 1. The molecule has 106 valence electrons. The first-order valence-electron chi connectivity index (χ1n) is 6.15. The van der Waals surface area contributed by atoms with Crippen LogP contribution in [0.1, 0.15) is 27.4 Å². The standard InChI is InChI=1S/C15H16O5/c1-10-7-12(20-14(10)15(17)18-2)9-19-13-6-4-3-5-11(13)8-16/h3-7,16H,8-9H2,1-2H3. The van der Waals surface area contributed by atoms with Crippen molar-refractivity contribution in [2.24, 2.45) is 0 Å². The average molecular weight is 276 g/mol. The van der Waals surface area contributed by atoms with E-state index in [9.17, 15) is 9.90 Å². The van der Waals surface area contributed by atoms with Gasteiger partial charge in [0, 0.05) is 11.1 Å². The highest BCUT2D eigenvalue weighted by Gasteiger charge is 2.16. The van der Waals surface area contributed by atoms with Crippen molar-refractivity contribution in [1.82, 2.24) is 0 Å². The Balaban J connectivity index is 2.10. The molecular weight excluding hydrogens is 260 g/mol. The van der Waals surface area contributed by atoms with Crippen LogP contribution in [0.25, 0.3) is 0 Å². The van der Waals surface area contributed by atoms with Crippen molar-refractivity contribution in [1.29, 1.82) is 0 Å². The fourth-order valence-corrected chi connectivity index (χ4v) is 1.84. The van der Waals surface area contributed by atoms with E-state index in [0.717, 1.165) is 0 Å². The highest BCUT2D eigenvalue weighted by atomic mass is 16.5. The zero-order chi connectivity index (χ0) is 14.5. The van der Waals surface area contributed by atoms with Crippen molar-refractivity contribution in [3.63, 3.8) is 0 Å². The lowest BCUT2D eigenvalue weighted by atomic mass is 10.2. The molecule has 2 rings (SSSR count). The summed E-state index contributed by atoms with van der Waals surface area (Å²) < 4.78 is 15.6. The minimum atomic E-state index is -0.510. The molecular formula is C15H16O5. The number of rotatable bonds is 5. The molecule has 0 saturated carbocycles. The van der Waals surface area contributed by atoms with E-state index in [2.05, 4.69) is 4.74 Å². The Hall–Kier alpha value is -2.27. The van der Waals surface area contributed by atoms with Gasteiger partial charge in [-0.3, -0.25) is 0 Å². The van der Waals surface area contributed by atoms with Gasteiger partial charge in [0.2, 0.25) is 5.76 Å². The predicted molar refractivity (Wildman–Crippen MR) is 71.5 cm³/mol. The van der Waals surface area contributed by atoms with Crippen molar-refractivity contribution in [2.75, 3.05) is 7.11 Å². The fraction of sp³-hybridized carbons (Fsp3) is 0.267. The molecule has 20 heavy (non-hydrogen) atoms. The van der Waals surface area contributed by atoms with Gasteiger partial charge >= 0.3 is 5.97 Å². The van der Waals surface area contributed by atoms with E-state index in [1.165, 1.54) is 7.11 Å². The molecule has 0 fully saturated rings. The fourth-order valence-electron chi connectivity index (χ4n) is 1.84. The third kappa shape index (κ3) is 3.00. The molecule has 0 aliphatic heterocycles. The largest absolute Gasteiger partial charge is 0.485 e. The van der Waals surface area contributed by atoms with E-state index >= 15 is 0 Å². The van der Waals surface area contributed by atoms with Crippen molar-refractivity contribution >= 4 is 5.97 Å². The first-order valence-corrected chi connectivity index (χ1v) is 6.15. The smallest absolute Gasteiger partial charge is 0.374 e. The highest BCUT2D eigenvalue weighted by molar-refractivity contribution is 5.87. The van der Waals surface area contributed by atoms with Gasteiger partial charge in [-0.05, 0) is 19.1 Å². The lowest BCUT2D eigenvalue weighted by molar-refractivity contribution is 0.0559. The Bertz CT molecular complexity index is 600. The third-order valence-electron chi connectivity index (χ3n) is 2.85. The van der Waals surface area contributed by atoms with Gasteiger partial charge < -0.3 is 19.0 Å². The summed E-state index contributed by atoms with van der Waals surface area (Å²) in [7, 11) is 1.30. The summed E-state index contributed by atoms with van der Waals surface area (Å²) in [5.41, 5.74) is 1.40. The van der Waals surface area contributed by atoms with Crippen molar-refractivity contribution in [3.8, 4) is 5.75 Å². The summed E-state index contributed by atoms with van der Waals surface area (Å²) in [5, 5.41) is 9.20. The average Bonchev–Trinajstić information content (AvgIpc) is 2.85. The predicted octanol–water partition coefficient (Wildman–Crippen LogP) is 2.45. The maximum absolute atomic E-state index is 11.4. The van der Waals surface area contributed by atoms with E-state index < -0.39 is 5.97 Å². The van der Waals surface area contributed by atoms with Crippen LogP contribution in [0, 0.1) is 6.92 Å². The van der Waals surface area contributed by atoms with Crippen LogP contribution >= 0.6 is 0 Å². The summed E-state index contributed by atoms with van der Waals surface area (Å²) in [6.45, 7) is 1.84. The highest BCUT2D eigenvalue weighted by Crippen LogP contribution is 2.21. The molecule has 0 radical (unpaired) electrons. The lowest BCUT2D eigenvalue weighted by Gasteiger charge is -2.08. The number of furan rings is 1. The first-order chi connectivity index (χ1) is 9.65. The number of benzene rings is 1. The molecule has 1 aromatic carbocycles. The van der Waals surface area contributed by atoms with Gasteiger partial charge in [0.25, 0.3) is 0 Å². The van der Waals surface area contributed by atoms with Crippen LogP contribution in [0.15, 0.2) is 34.7 Å². The van der Waals surface area contributed by atoms with Crippen LogP contribution < -0.4 is 4.74 Å². The molecule has 1 N–H and O–H groups in total. The van der Waals surface area contributed by atoms with Crippen LogP contribution in [0.4, 0.5) is 0 Å². The van der Waals surface area contributed by atoms with Crippen LogP contribution in [-0.4, -0.2) is 18.2 Å². The molecule has 0 amide bonds. The van der Waals surface area contributed by atoms with Crippen LogP contribution in [0.5, 0.6) is 5.75 Å². The maximum atomic E-state index is 11.4. The molecule has 0 unspecified atom stereocenters. The Morgan fingerprint density at radius 1 is 1.35 bits per heavy atom. The van der Waals surface area contributed by atoms with Crippen LogP contribution in [-0.2, 0) is 18.0 Å². The second-order valence-corrected chi connectivity index (χ2v) is 4.27. The van der Waals surface area contributed by atoms with Gasteiger partial charge in [0.05, 0.1) is 13.7 Å². The number of para-hydroxylation sites is 1. The molecule has 5 heteroatoms. The van der Waals surface area contributed by atoms with Crippen molar-refractivity contribution in [2.45, 2.75) is 20.1 Å². The van der Waals surface area contributed by atoms with Crippen LogP contribution in [0.3, 0.4) is 0 Å².